The molecule has 0 radical (unpaired) electrons. The molecule has 14 heavy (non-hydrogen) atoms. The molecule has 0 aliphatic carbocycles. The minimum absolute atomic E-state index is 0. The van der Waals surface area contributed by atoms with Crippen LogP contribution in [0.1, 0.15) is 26.7 Å². The summed E-state index contributed by atoms with van der Waals surface area (Å²) in [5, 5.41) is 0. The Hall–Kier alpha value is -0.630. The molecular formula is C12H22FN. The first-order chi connectivity index (χ1) is 6.13. The molecule has 0 aromatic rings. The van der Waals surface area contributed by atoms with Gasteiger partial charge in [-0.1, -0.05) is 27.0 Å². The minimum Gasteiger partial charge on any atom is -1.00 e. The third-order valence-electron chi connectivity index (χ3n) is 2.95. The standard InChI is InChI=1S/C12H22N.FH/c1-5-7-13(8-6-2)9-11(3)12(4)10-13;/h3-10H2,1-2H3;1H/q+1;/p-1. The van der Waals surface area contributed by atoms with Gasteiger partial charge in [0.25, 0.3) is 0 Å². The monoisotopic (exact) mass is 199 g/mol. The first-order valence-electron chi connectivity index (χ1n) is 5.34. The van der Waals surface area contributed by atoms with Crippen LogP contribution in [0.4, 0.5) is 0 Å². The molecule has 0 saturated carbocycles. The number of hydrogen-bond donors (Lipinski definition) is 0. The van der Waals surface area contributed by atoms with E-state index in [4.69, 9.17) is 0 Å². The van der Waals surface area contributed by atoms with Crippen LogP contribution in [0.2, 0.25) is 0 Å². The maximum absolute atomic E-state index is 4.08. The van der Waals surface area contributed by atoms with E-state index in [2.05, 4.69) is 27.0 Å². The van der Waals surface area contributed by atoms with E-state index >= 15 is 0 Å². The molecule has 1 aliphatic rings. The lowest BCUT2D eigenvalue weighted by molar-refractivity contribution is -0.912. The number of nitrogens with zero attached hydrogens (tertiary/aromatic N) is 1. The Balaban J connectivity index is 0.00000169. The second kappa shape index (κ2) is 5.30. The van der Waals surface area contributed by atoms with Crippen molar-refractivity contribution in [3.8, 4) is 0 Å². The maximum Gasteiger partial charge on any atom is 0.105 e. The highest BCUT2D eigenvalue weighted by Crippen LogP contribution is 2.27. The summed E-state index contributed by atoms with van der Waals surface area (Å²) < 4.78 is 1.21. The molecule has 1 rings (SSSR count). The van der Waals surface area contributed by atoms with Crippen molar-refractivity contribution >= 4 is 0 Å². The Bertz CT molecular complexity index is 196. The first kappa shape index (κ1) is 13.4. The van der Waals surface area contributed by atoms with E-state index in [-0.39, 0.29) is 4.70 Å². The Labute approximate surface area is 87.1 Å². The van der Waals surface area contributed by atoms with Gasteiger partial charge in [-0.3, -0.25) is 0 Å². The Morgan fingerprint density at radius 2 is 1.36 bits per heavy atom. The largest absolute Gasteiger partial charge is 1.00 e. The molecule has 0 atom stereocenters. The van der Waals surface area contributed by atoms with Gasteiger partial charge >= 0.3 is 0 Å². The summed E-state index contributed by atoms with van der Waals surface area (Å²) in [6.45, 7) is 17.5. The fourth-order valence-corrected chi connectivity index (χ4v) is 2.47. The molecule has 2 heteroatoms. The van der Waals surface area contributed by atoms with Crippen LogP contribution in [0.5, 0.6) is 0 Å². The van der Waals surface area contributed by atoms with E-state index in [9.17, 15) is 0 Å². The van der Waals surface area contributed by atoms with Crippen LogP contribution in [0.15, 0.2) is 24.3 Å². The average Bonchev–Trinajstić information content (AvgIpc) is 2.29. The van der Waals surface area contributed by atoms with Gasteiger partial charge in [-0.25, -0.2) is 0 Å². The van der Waals surface area contributed by atoms with Crippen LogP contribution in [0.25, 0.3) is 0 Å². The number of likely N-dealkylation sites (tertiary alicyclic amines) is 1. The summed E-state index contributed by atoms with van der Waals surface area (Å²) in [4.78, 5) is 0. The molecule has 0 unspecified atom stereocenters. The summed E-state index contributed by atoms with van der Waals surface area (Å²) in [5.41, 5.74) is 2.56. The van der Waals surface area contributed by atoms with Crippen LogP contribution < -0.4 is 4.70 Å². The Kier molecular flexibility index (Phi) is 5.06. The van der Waals surface area contributed by atoms with E-state index in [0.29, 0.717) is 0 Å². The van der Waals surface area contributed by atoms with Gasteiger partial charge in [-0.15, -0.1) is 0 Å². The van der Waals surface area contributed by atoms with E-state index in [0.717, 1.165) is 13.1 Å². The van der Waals surface area contributed by atoms with Crippen molar-refractivity contribution in [2.24, 2.45) is 0 Å². The molecule has 1 heterocycles. The predicted molar refractivity (Wildman–Crippen MR) is 58.6 cm³/mol. The zero-order valence-corrected chi connectivity index (χ0v) is 9.48. The number of hydrogen-bond acceptors (Lipinski definition) is 0. The van der Waals surface area contributed by atoms with Crippen molar-refractivity contribution in [3.05, 3.63) is 24.3 Å². The molecule has 0 bridgehead atoms. The normalized spacial score (nSPS) is 19.6. The summed E-state index contributed by atoms with van der Waals surface area (Å²) >= 11 is 0. The van der Waals surface area contributed by atoms with Gasteiger partial charge in [0.2, 0.25) is 0 Å². The molecule has 1 aliphatic heterocycles. The third-order valence-corrected chi connectivity index (χ3v) is 2.95. The topological polar surface area (TPSA) is 0 Å². The van der Waals surface area contributed by atoms with Crippen LogP contribution in [-0.2, 0) is 0 Å². The van der Waals surface area contributed by atoms with Crippen LogP contribution in [0, 0.1) is 0 Å². The highest BCUT2D eigenvalue weighted by molar-refractivity contribution is 5.29. The second-order valence-electron chi connectivity index (χ2n) is 4.31. The molecule has 0 aromatic heterocycles. The molecular weight excluding hydrogens is 177 g/mol. The molecule has 1 fully saturated rings. The second-order valence-corrected chi connectivity index (χ2v) is 4.31. The fourth-order valence-electron chi connectivity index (χ4n) is 2.47. The zero-order valence-electron chi connectivity index (χ0n) is 9.48. The molecule has 0 spiro atoms. The molecule has 0 amide bonds. The molecule has 1 saturated heterocycles. The van der Waals surface area contributed by atoms with Crippen LogP contribution in [0.3, 0.4) is 0 Å². The smallest absolute Gasteiger partial charge is 0.105 e. The van der Waals surface area contributed by atoms with Gasteiger partial charge in [0.05, 0.1) is 13.1 Å². The highest BCUT2D eigenvalue weighted by Gasteiger charge is 2.34. The lowest BCUT2D eigenvalue weighted by Crippen LogP contribution is -3.00. The van der Waals surface area contributed by atoms with Crippen molar-refractivity contribution in [2.45, 2.75) is 26.7 Å². The van der Waals surface area contributed by atoms with Crippen LogP contribution >= 0.6 is 0 Å². The van der Waals surface area contributed by atoms with Gasteiger partial charge in [-0.05, 0) is 12.8 Å². The van der Waals surface area contributed by atoms with Crippen molar-refractivity contribution in [1.29, 1.82) is 0 Å². The first-order valence-corrected chi connectivity index (χ1v) is 5.34. The van der Waals surface area contributed by atoms with E-state index in [1.165, 1.54) is 41.6 Å². The summed E-state index contributed by atoms with van der Waals surface area (Å²) in [7, 11) is 0. The van der Waals surface area contributed by atoms with Gasteiger partial charge in [0.15, 0.2) is 0 Å². The summed E-state index contributed by atoms with van der Waals surface area (Å²) in [6.07, 6.45) is 2.53. The Morgan fingerprint density at radius 3 is 1.64 bits per heavy atom. The maximum atomic E-state index is 4.08. The predicted octanol–water partition coefficient (Wildman–Crippen LogP) is -0.247. The van der Waals surface area contributed by atoms with E-state index in [1.54, 1.807) is 0 Å². The van der Waals surface area contributed by atoms with Gasteiger partial charge < -0.3 is 9.19 Å². The van der Waals surface area contributed by atoms with Gasteiger partial charge in [-0.2, -0.15) is 0 Å². The van der Waals surface area contributed by atoms with E-state index < -0.39 is 0 Å². The number of quaternary nitrogens is 1. The number of rotatable bonds is 4. The van der Waals surface area contributed by atoms with Crippen molar-refractivity contribution < 1.29 is 9.19 Å². The zero-order chi connectivity index (χ0) is 9.90. The quantitative estimate of drug-likeness (QED) is 0.548. The Morgan fingerprint density at radius 1 is 1.00 bits per heavy atom. The lowest BCUT2D eigenvalue weighted by Gasteiger charge is -2.33. The molecule has 1 nitrogen and oxygen atoms in total. The molecule has 0 aromatic carbocycles. The third kappa shape index (κ3) is 2.68. The fraction of sp³-hybridized carbons (Fsp3) is 0.667. The molecule has 0 N–H and O–H groups in total. The summed E-state index contributed by atoms with van der Waals surface area (Å²) in [6, 6.07) is 0. The lowest BCUT2D eigenvalue weighted by atomic mass is 10.2. The average molecular weight is 199 g/mol. The van der Waals surface area contributed by atoms with Crippen molar-refractivity contribution in [3.63, 3.8) is 0 Å². The van der Waals surface area contributed by atoms with Crippen LogP contribution in [-0.4, -0.2) is 30.7 Å². The summed E-state index contributed by atoms with van der Waals surface area (Å²) in [5.74, 6) is 0. The van der Waals surface area contributed by atoms with E-state index in [1.807, 2.05) is 0 Å². The van der Waals surface area contributed by atoms with Gasteiger partial charge in [0, 0.05) is 11.1 Å². The minimum atomic E-state index is 0. The van der Waals surface area contributed by atoms with Crippen molar-refractivity contribution in [2.75, 3.05) is 26.2 Å². The highest BCUT2D eigenvalue weighted by atomic mass is 19.0. The SMILES string of the molecule is C=C1C[N+](CCC)(CCC)CC1=C.[F-]. The van der Waals surface area contributed by atoms with Gasteiger partial charge in [0.1, 0.15) is 13.1 Å². The molecule has 82 valence electrons. The number of halogens is 1. The van der Waals surface area contributed by atoms with Crippen molar-refractivity contribution in [1.82, 2.24) is 0 Å².